The third-order valence-electron chi connectivity index (χ3n) is 2.77. The first-order chi connectivity index (χ1) is 9.24. The summed E-state index contributed by atoms with van der Waals surface area (Å²) in [5.41, 5.74) is 3.44. The van der Waals surface area contributed by atoms with Gasteiger partial charge in [-0.3, -0.25) is 0 Å². The highest BCUT2D eigenvalue weighted by molar-refractivity contribution is 5.64. The average Bonchev–Trinajstić information content (AvgIpc) is 2.40. The molecule has 19 heavy (non-hydrogen) atoms. The Balaban J connectivity index is 2.29. The molecule has 1 aromatic heterocycles. The molecule has 2 rings (SSSR count). The summed E-state index contributed by atoms with van der Waals surface area (Å²) in [7, 11) is 1.66. The zero-order chi connectivity index (χ0) is 13.7. The molecule has 1 N–H and O–H groups in total. The second-order valence-corrected chi connectivity index (χ2v) is 4.22. The van der Waals surface area contributed by atoms with Gasteiger partial charge in [0.25, 0.3) is 0 Å². The summed E-state index contributed by atoms with van der Waals surface area (Å²) in [5, 5.41) is 12.3. The fraction of sp³-hybridized carbons (Fsp3) is 0.200. The van der Waals surface area contributed by atoms with Crippen molar-refractivity contribution in [3.8, 4) is 6.07 Å². The van der Waals surface area contributed by atoms with E-state index in [1.165, 1.54) is 0 Å². The summed E-state index contributed by atoms with van der Waals surface area (Å²) in [6.07, 6.45) is 1.69. The first kappa shape index (κ1) is 13.1. The molecule has 0 amide bonds. The van der Waals surface area contributed by atoms with Gasteiger partial charge in [0.05, 0.1) is 12.2 Å². The van der Waals surface area contributed by atoms with Gasteiger partial charge in [0, 0.05) is 19.0 Å². The largest absolute Gasteiger partial charge is 0.380 e. The van der Waals surface area contributed by atoms with Crippen LogP contribution in [0.25, 0.3) is 0 Å². The molecule has 0 radical (unpaired) electrons. The van der Waals surface area contributed by atoms with E-state index in [2.05, 4.69) is 16.4 Å². The van der Waals surface area contributed by atoms with Crippen molar-refractivity contribution in [2.24, 2.45) is 0 Å². The quantitative estimate of drug-likeness (QED) is 0.909. The molecule has 0 spiro atoms. The summed E-state index contributed by atoms with van der Waals surface area (Å²) in [5.74, 6) is 0.581. The highest BCUT2D eigenvalue weighted by Crippen LogP contribution is 2.21. The minimum Gasteiger partial charge on any atom is -0.380 e. The highest BCUT2D eigenvalue weighted by atomic mass is 16.5. The topological polar surface area (TPSA) is 57.9 Å². The van der Waals surface area contributed by atoms with Gasteiger partial charge in [0.1, 0.15) is 11.9 Å². The Morgan fingerprint density at radius 1 is 1.37 bits per heavy atom. The Bertz CT molecular complexity index is 617. The minimum atomic E-state index is 0.557. The smallest absolute Gasteiger partial charge is 0.148 e. The number of benzene rings is 1. The lowest BCUT2D eigenvalue weighted by atomic mass is 10.1. The number of hydrogen-bond donors (Lipinski definition) is 1. The molecular weight excluding hydrogens is 238 g/mol. The Hall–Kier alpha value is -2.38. The molecule has 96 valence electrons. The van der Waals surface area contributed by atoms with Crippen LogP contribution in [-0.2, 0) is 11.3 Å². The van der Waals surface area contributed by atoms with Gasteiger partial charge < -0.3 is 10.1 Å². The lowest BCUT2D eigenvalue weighted by Gasteiger charge is -2.09. The van der Waals surface area contributed by atoms with Crippen molar-refractivity contribution in [3.63, 3.8) is 0 Å². The molecule has 0 saturated heterocycles. The summed E-state index contributed by atoms with van der Waals surface area (Å²) >= 11 is 0. The number of nitriles is 1. The van der Waals surface area contributed by atoms with Crippen LogP contribution in [-0.4, -0.2) is 12.1 Å². The molecule has 0 aliphatic heterocycles. The number of rotatable bonds is 4. The molecule has 0 saturated carbocycles. The lowest BCUT2D eigenvalue weighted by Crippen LogP contribution is -1.99. The zero-order valence-corrected chi connectivity index (χ0v) is 11.0. The minimum absolute atomic E-state index is 0.557. The number of aryl methyl sites for hydroxylation is 1. The lowest BCUT2D eigenvalue weighted by molar-refractivity contribution is 0.185. The van der Waals surface area contributed by atoms with Crippen molar-refractivity contribution >= 4 is 11.5 Å². The molecule has 0 fully saturated rings. The van der Waals surface area contributed by atoms with E-state index in [0.29, 0.717) is 18.0 Å². The number of methoxy groups -OCH3 is 1. The number of nitrogens with zero attached hydrogens (tertiary/aromatic N) is 2. The maximum Gasteiger partial charge on any atom is 0.148 e. The molecule has 0 atom stereocenters. The highest BCUT2D eigenvalue weighted by Gasteiger charge is 2.06. The van der Waals surface area contributed by atoms with Gasteiger partial charge in [-0.1, -0.05) is 12.1 Å². The predicted molar refractivity (Wildman–Crippen MR) is 74.1 cm³/mol. The summed E-state index contributed by atoms with van der Waals surface area (Å²) in [6.45, 7) is 2.45. The predicted octanol–water partition coefficient (Wildman–Crippen LogP) is 3.15. The maximum atomic E-state index is 9.17. The molecule has 4 nitrogen and oxygen atoms in total. The molecule has 0 aliphatic carbocycles. The van der Waals surface area contributed by atoms with E-state index in [9.17, 15) is 0 Å². The average molecular weight is 253 g/mol. The number of ether oxygens (including phenoxy) is 1. The monoisotopic (exact) mass is 253 g/mol. The van der Waals surface area contributed by atoms with Crippen LogP contribution in [0.4, 0.5) is 11.5 Å². The van der Waals surface area contributed by atoms with Gasteiger partial charge in [-0.2, -0.15) is 5.26 Å². The second-order valence-electron chi connectivity index (χ2n) is 4.22. The van der Waals surface area contributed by atoms with Crippen LogP contribution >= 0.6 is 0 Å². The fourth-order valence-electron chi connectivity index (χ4n) is 1.84. The third-order valence-corrected chi connectivity index (χ3v) is 2.77. The Labute approximate surface area is 112 Å². The van der Waals surface area contributed by atoms with E-state index < -0.39 is 0 Å². The van der Waals surface area contributed by atoms with Gasteiger partial charge in [0.15, 0.2) is 0 Å². The number of hydrogen-bond acceptors (Lipinski definition) is 4. The van der Waals surface area contributed by atoms with Crippen molar-refractivity contribution in [2.75, 3.05) is 12.4 Å². The third kappa shape index (κ3) is 3.09. The molecular formula is C15H15N3O. The first-order valence-corrected chi connectivity index (χ1v) is 5.95. The van der Waals surface area contributed by atoms with Crippen LogP contribution in [0.1, 0.15) is 16.7 Å². The normalized spacial score (nSPS) is 9.95. The van der Waals surface area contributed by atoms with Gasteiger partial charge in [-0.25, -0.2) is 4.98 Å². The van der Waals surface area contributed by atoms with E-state index in [1.54, 1.807) is 13.3 Å². The first-order valence-electron chi connectivity index (χ1n) is 5.95. The van der Waals surface area contributed by atoms with E-state index in [-0.39, 0.29) is 0 Å². The van der Waals surface area contributed by atoms with Crippen LogP contribution in [0.3, 0.4) is 0 Å². The summed E-state index contributed by atoms with van der Waals surface area (Å²) < 4.78 is 5.10. The maximum absolute atomic E-state index is 9.17. The van der Waals surface area contributed by atoms with Crippen molar-refractivity contribution in [1.29, 1.82) is 5.26 Å². The van der Waals surface area contributed by atoms with E-state index in [4.69, 9.17) is 10.00 Å². The van der Waals surface area contributed by atoms with Crippen LogP contribution < -0.4 is 5.32 Å². The fourth-order valence-corrected chi connectivity index (χ4v) is 1.84. The van der Waals surface area contributed by atoms with E-state index >= 15 is 0 Å². The van der Waals surface area contributed by atoms with Crippen LogP contribution in [0.5, 0.6) is 0 Å². The Kier molecular flexibility index (Phi) is 4.11. The van der Waals surface area contributed by atoms with Crippen molar-refractivity contribution in [3.05, 3.63) is 53.2 Å². The molecule has 1 aromatic carbocycles. The molecule has 0 bridgehead atoms. The van der Waals surface area contributed by atoms with Gasteiger partial charge in [0.2, 0.25) is 0 Å². The summed E-state index contributed by atoms with van der Waals surface area (Å²) in [4.78, 5) is 4.22. The second kappa shape index (κ2) is 5.98. The zero-order valence-electron chi connectivity index (χ0n) is 11.0. The SMILES string of the molecule is COCc1cccc(Nc2nccc(C)c2C#N)c1. The van der Waals surface area contributed by atoms with E-state index in [1.807, 2.05) is 37.3 Å². The van der Waals surface area contributed by atoms with Gasteiger partial charge in [-0.15, -0.1) is 0 Å². The number of aromatic nitrogens is 1. The Morgan fingerprint density at radius 2 is 2.21 bits per heavy atom. The van der Waals surface area contributed by atoms with Crippen LogP contribution in [0, 0.1) is 18.3 Å². The molecule has 0 aliphatic rings. The van der Waals surface area contributed by atoms with Crippen molar-refractivity contribution in [2.45, 2.75) is 13.5 Å². The van der Waals surface area contributed by atoms with Gasteiger partial charge >= 0.3 is 0 Å². The molecule has 2 aromatic rings. The number of pyridine rings is 1. The van der Waals surface area contributed by atoms with E-state index in [0.717, 1.165) is 16.8 Å². The number of anilines is 2. The van der Waals surface area contributed by atoms with Crippen LogP contribution in [0.15, 0.2) is 36.5 Å². The Morgan fingerprint density at radius 3 is 2.95 bits per heavy atom. The summed E-state index contributed by atoms with van der Waals surface area (Å²) in [6, 6.07) is 11.8. The van der Waals surface area contributed by atoms with Gasteiger partial charge in [-0.05, 0) is 36.2 Å². The molecule has 0 unspecified atom stereocenters. The molecule has 1 heterocycles. The van der Waals surface area contributed by atoms with Crippen LogP contribution in [0.2, 0.25) is 0 Å². The van der Waals surface area contributed by atoms with Crippen molar-refractivity contribution in [1.82, 2.24) is 4.98 Å². The standard InChI is InChI=1S/C15H15N3O/c1-11-6-7-17-15(14(11)9-16)18-13-5-3-4-12(8-13)10-19-2/h3-8H,10H2,1-2H3,(H,17,18). The molecule has 4 heteroatoms. The number of nitrogens with one attached hydrogen (secondary N) is 1. The van der Waals surface area contributed by atoms with Crippen molar-refractivity contribution < 1.29 is 4.74 Å².